The van der Waals surface area contributed by atoms with Gasteiger partial charge in [-0.25, -0.2) is 0 Å². The third-order valence-corrected chi connectivity index (χ3v) is 5.02. The molecule has 0 bridgehead atoms. The van der Waals surface area contributed by atoms with E-state index in [1.54, 1.807) is 0 Å². The monoisotopic (exact) mass is 297 g/mol. The molecule has 21 heavy (non-hydrogen) atoms. The van der Waals surface area contributed by atoms with E-state index in [4.69, 9.17) is 9.84 Å². The molecule has 0 aromatic rings. The maximum Gasteiger partial charge on any atom is 0.249 e. The molecule has 0 spiro atoms. The third kappa shape index (κ3) is 5.59. The predicted molar refractivity (Wildman–Crippen MR) is 83.0 cm³/mol. The van der Waals surface area contributed by atoms with Gasteiger partial charge in [0.1, 0.15) is 6.10 Å². The number of hydrogen-bond acceptors (Lipinski definition) is 3. The Morgan fingerprint density at radius 2 is 1.71 bits per heavy atom. The standard InChI is InChI=1S/C17H31NO3/c1-13(21-16-6-4-2-3-5-7-16)17(20)18-15-10-8-14(12-19)9-11-15/h13-16,19H,2-12H2,1H3,(H,18,20). The van der Waals surface area contributed by atoms with Gasteiger partial charge in [0.15, 0.2) is 0 Å². The van der Waals surface area contributed by atoms with Crippen LogP contribution in [0.3, 0.4) is 0 Å². The van der Waals surface area contributed by atoms with Gasteiger partial charge >= 0.3 is 0 Å². The first-order chi connectivity index (χ1) is 10.2. The Morgan fingerprint density at radius 1 is 1.10 bits per heavy atom. The van der Waals surface area contributed by atoms with Gasteiger partial charge in [-0.3, -0.25) is 4.79 Å². The summed E-state index contributed by atoms with van der Waals surface area (Å²) in [5.74, 6) is 0.463. The van der Waals surface area contributed by atoms with Gasteiger partial charge in [-0.15, -0.1) is 0 Å². The maximum atomic E-state index is 12.2. The summed E-state index contributed by atoms with van der Waals surface area (Å²) in [6.07, 6.45) is 11.1. The fraction of sp³-hybridized carbons (Fsp3) is 0.941. The molecule has 0 aliphatic heterocycles. The molecule has 0 aromatic carbocycles. The summed E-state index contributed by atoms with van der Waals surface area (Å²) in [6.45, 7) is 2.15. The molecular weight excluding hydrogens is 266 g/mol. The van der Waals surface area contributed by atoms with E-state index in [1.165, 1.54) is 25.7 Å². The van der Waals surface area contributed by atoms with Crippen LogP contribution in [0.5, 0.6) is 0 Å². The smallest absolute Gasteiger partial charge is 0.249 e. The molecule has 0 radical (unpaired) electrons. The van der Waals surface area contributed by atoms with Gasteiger partial charge in [0, 0.05) is 12.6 Å². The second kappa shape index (κ2) is 8.74. The zero-order valence-electron chi connectivity index (χ0n) is 13.4. The summed E-state index contributed by atoms with van der Waals surface area (Å²) in [6, 6.07) is 0.264. The summed E-state index contributed by atoms with van der Waals surface area (Å²) >= 11 is 0. The molecule has 1 unspecified atom stereocenters. The molecule has 2 rings (SSSR count). The lowest BCUT2D eigenvalue weighted by Crippen LogP contribution is -2.44. The van der Waals surface area contributed by atoms with Crippen LogP contribution in [-0.2, 0) is 9.53 Å². The summed E-state index contributed by atoms with van der Waals surface area (Å²) in [7, 11) is 0. The van der Waals surface area contributed by atoms with E-state index < -0.39 is 0 Å². The topological polar surface area (TPSA) is 58.6 Å². The first kappa shape index (κ1) is 16.8. The van der Waals surface area contributed by atoms with Crippen LogP contribution in [0, 0.1) is 5.92 Å². The van der Waals surface area contributed by atoms with E-state index in [0.29, 0.717) is 5.92 Å². The van der Waals surface area contributed by atoms with Gasteiger partial charge in [-0.2, -0.15) is 0 Å². The summed E-state index contributed by atoms with van der Waals surface area (Å²) < 4.78 is 5.96. The number of carbonyl (C=O) groups excluding carboxylic acids is 1. The van der Waals surface area contributed by atoms with Crippen molar-refractivity contribution in [1.29, 1.82) is 0 Å². The van der Waals surface area contributed by atoms with E-state index in [9.17, 15) is 4.79 Å². The Labute approximate surface area is 128 Å². The molecular formula is C17H31NO3. The lowest BCUT2D eigenvalue weighted by molar-refractivity contribution is -0.136. The number of carbonyl (C=O) groups is 1. The molecule has 2 N–H and O–H groups in total. The highest BCUT2D eigenvalue weighted by molar-refractivity contribution is 5.80. The molecule has 0 heterocycles. The number of ether oxygens (including phenoxy) is 1. The van der Waals surface area contributed by atoms with E-state index >= 15 is 0 Å². The molecule has 122 valence electrons. The maximum absolute atomic E-state index is 12.2. The van der Waals surface area contributed by atoms with Crippen molar-refractivity contribution in [2.45, 2.75) is 89.4 Å². The summed E-state index contributed by atoms with van der Waals surface area (Å²) in [5.41, 5.74) is 0. The normalized spacial score (nSPS) is 29.6. The summed E-state index contributed by atoms with van der Waals surface area (Å²) in [5, 5.41) is 12.3. The van der Waals surface area contributed by atoms with E-state index in [2.05, 4.69) is 5.32 Å². The van der Waals surface area contributed by atoms with Crippen molar-refractivity contribution in [3.05, 3.63) is 0 Å². The van der Waals surface area contributed by atoms with Crippen LogP contribution in [0.15, 0.2) is 0 Å². The van der Waals surface area contributed by atoms with Gasteiger partial charge in [0.05, 0.1) is 6.10 Å². The Balaban J connectivity index is 1.69. The van der Waals surface area contributed by atoms with Crippen LogP contribution in [0.2, 0.25) is 0 Å². The molecule has 0 aromatic heterocycles. The fourth-order valence-electron chi connectivity index (χ4n) is 3.54. The lowest BCUT2D eigenvalue weighted by Gasteiger charge is -2.29. The zero-order chi connectivity index (χ0) is 15.1. The Kier molecular flexibility index (Phi) is 6.97. The largest absolute Gasteiger partial charge is 0.396 e. The van der Waals surface area contributed by atoms with Crippen molar-refractivity contribution >= 4 is 5.91 Å². The lowest BCUT2D eigenvalue weighted by atomic mass is 9.86. The minimum atomic E-state index is -0.344. The number of aliphatic hydroxyl groups excluding tert-OH is 1. The second-order valence-corrected chi connectivity index (χ2v) is 6.80. The van der Waals surface area contributed by atoms with Crippen molar-refractivity contribution in [3.8, 4) is 0 Å². The molecule has 4 heteroatoms. The zero-order valence-corrected chi connectivity index (χ0v) is 13.4. The molecule has 1 amide bonds. The minimum absolute atomic E-state index is 0.0340. The van der Waals surface area contributed by atoms with Crippen molar-refractivity contribution in [2.75, 3.05) is 6.61 Å². The average Bonchev–Trinajstić information content (AvgIpc) is 2.76. The van der Waals surface area contributed by atoms with E-state index in [1.807, 2.05) is 6.92 Å². The van der Waals surface area contributed by atoms with Crippen LogP contribution in [0.1, 0.15) is 71.1 Å². The number of rotatable bonds is 5. The Morgan fingerprint density at radius 3 is 2.29 bits per heavy atom. The first-order valence-electron chi connectivity index (χ1n) is 8.75. The fourth-order valence-corrected chi connectivity index (χ4v) is 3.54. The SMILES string of the molecule is CC(OC1CCCCCC1)C(=O)NC1CCC(CO)CC1. The van der Waals surface area contributed by atoms with Gasteiger partial charge in [0.25, 0.3) is 0 Å². The van der Waals surface area contributed by atoms with Crippen molar-refractivity contribution in [2.24, 2.45) is 5.92 Å². The number of hydrogen-bond donors (Lipinski definition) is 2. The highest BCUT2D eigenvalue weighted by Gasteiger charge is 2.25. The second-order valence-electron chi connectivity index (χ2n) is 6.80. The predicted octanol–water partition coefficient (Wildman–Crippen LogP) is 2.78. The van der Waals surface area contributed by atoms with Crippen molar-refractivity contribution in [1.82, 2.24) is 5.32 Å². The molecule has 4 nitrogen and oxygen atoms in total. The van der Waals surface area contributed by atoms with Crippen molar-refractivity contribution in [3.63, 3.8) is 0 Å². The number of amides is 1. The Bertz CT molecular complexity index is 305. The van der Waals surface area contributed by atoms with Gasteiger partial charge < -0.3 is 15.2 Å². The molecule has 2 aliphatic carbocycles. The van der Waals surface area contributed by atoms with E-state index in [0.717, 1.165) is 38.5 Å². The molecule has 2 fully saturated rings. The van der Waals surface area contributed by atoms with Gasteiger partial charge in [-0.05, 0) is 51.4 Å². The molecule has 0 saturated heterocycles. The first-order valence-corrected chi connectivity index (χ1v) is 8.75. The third-order valence-electron chi connectivity index (χ3n) is 5.02. The van der Waals surface area contributed by atoms with Crippen LogP contribution < -0.4 is 5.32 Å². The van der Waals surface area contributed by atoms with Gasteiger partial charge in [0.2, 0.25) is 5.91 Å². The van der Waals surface area contributed by atoms with E-state index in [-0.39, 0.29) is 30.8 Å². The summed E-state index contributed by atoms with van der Waals surface area (Å²) in [4.78, 5) is 12.2. The Hall–Kier alpha value is -0.610. The highest BCUT2D eigenvalue weighted by Crippen LogP contribution is 2.24. The highest BCUT2D eigenvalue weighted by atomic mass is 16.5. The average molecular weight is 297 g/mol. The quantitative estimate of drug-likeness (QED) is 0.767. The number of aliphatic hydroxyl groups is 1. The van der Waals surface area contributed by atoms with Crippen LogP contribution in [0.4, 0.5) is 0 Å². The van der Waals surface area contributed by atoms with Crippen molar-refractivity contribution < 1.29 is 14.6 Å². The van der Waals surface area contributed by atoms with Crippen LogP contribution >= 0.6 is 0 Å². The minimum Gasteiger partial charge on any atom is -0.396 e. The molecule has 2 aliphatic rings. The molecule has 1 atom stereocenters. The van der Waals surface area contributed by atoms with Crippen LogP contribution in [0.25, 0.3) is 0 Å². The molecule has 2 saturated carbocycles. The van der Waals surface area contributed by atoms with Crippen LogP contribution in [-0.4, -0.2) is 35.9 Å². The van der Waals surface area contributed by atoms with Gasteiger partial charge in [-0.1, -0.05) is 25.7 Å². The number of nitrogens with one attached hydrogen (secondary N) is 1.